The molecule has 0 amide bonds. The molecule has 2 aliphatic carbocycles. The van der Waals surface area contributed by atoms with Gasteiger partial charge in [-0.05, 0) is 0 Å². The normalized spacial score (nSPS) is 20.0. The molecule has 0 atom stereocenters. The number of hydrogen-bond donors (Lipinski definition) is 0. The van der Waals surface area contributed by atoms with Gasteiger partial charge in [-0.2, -0.15) is 0 Å². The van der Waals surface area contributed by atoms with Crippen molar-refractivity contribution in [1.29, 1.82) is 0 Å². The van der Waals surface area contributed by atoms with Gasteiger partial charge < -0.3 is 0 Å². The van der Waals surface area contributed by atoms with Crippen LogP contribution in [0, 0.1) is 0 Å². The molecule has 0 fully saturated rings. The van der Waals surface area contributed by atoms with Crippen LogP contribution in [0.15, 0.2) is 44.2 Å². The van der Waals surface area contributed by atoms with Gasteiger partial charge >= 0.3 is 107 Å². The average molecular weight is 275 g/mol. The molecule has 16 heavy (non-hydrogen) atoms. The fraction of sp³-hybridized carbons (Fsp3) is 0.429. The van der Waals surface area contributed by atoms with Crippen molar-refractivity contribution in [3.05, 3.63) is 44.2 Å². The Morgan fingerprint density at radius 2 is 2.12 bits per heavy atom. The van der Waals surface area contributed by atoms with E-state index < -0.39 is 8.80 Å². The summed E-state index contributed by atoms with van der Waals surface area (Å²) in [4.78, 5) is 0. The number of allylic oxidation sites excluding steroid dienone is 8. The van der Waals surface area contributed by atoms with Crippen LogP contribution in [0.25, 0.3) is 0 Å². The summed E-state index contributed by atoms with van der Waals surface area (Å²) in [7, 11) is -0.669. The molecular formula is C14H20NiSi. The molecule has 2 aliphatic rings. The fourth-order valence-electron chi connectivity index (χ4n) is 2.26. The zero-order valence-electron chi connectivity index (χ0n) is 10.3. The second kappa shape index (κ2) is 5.33. The van der Waals surface area contributed by atoms with Crippen molar-refractivity contribution < 1.29 is 14.4 Å². The summed E-state index contributed by atoms with van der Waals surface area (Å²) in [6, 6.07) is 0. The Bertz CT molecular complexity index is 397. The van der Waals surface area contributed by atoms with Crippen molar-refractivity contribution in [3.8, 4) is 0 Å². The summed E-state index contributed by atoms with van der Waals surface area (Å²) in [5.41, 5.74) is 1.64. The summed E-state index contributed by atoms with van der Waals surface area (Å²) >= 11 is 1.83. The Hall–Kier alpha value is -0.330. The summed E-state index contributed by atoms with van der Waals surface area (Å²) in [5, 5.41) is 1.76. The first-order chi connectivity index (χ1) is 7.72. The SMILES string of the molecule is CCC1=CC[C]([Ni][C]2=CC=CC2)=C1[SiH](C)C. The minimum absolute atomic E-state index is 0.669. The molecule has 0 heterocycles. The van der Waals surface area contributed by atoms with Gasteiger partial charge in [-0.15, -0.1) is 0 Å². The van der Waals surface area contributed by atoms with E-state index in [-0.39, 0.29) is 0 Å². The van der Waals surface area contributed by atoms with Crippen LogP contribution in [0.4, 0.5) is 0 Å². The van der Waals surface area contributed by atoms with Crippen molar-refractivity contribution in [2.45, 2.75) is 39.3 Å². The zero-order chi connectivity index (χ0) is 11.5. The van der Waals surface area contributed by atoms with Gasteiger partial charge in [-0.3, -0.25) is 0 Å². The molecule has 0 unspecified atom stereocenters. The molecule has 0 aromatic rings. The van der Waals surface area contributed by atoms with E-state index in [1.807, 2.05) is 14.4 Å². The van der Waals surface area contributed by atoms with Crippen LogP contribution >= 0.6 is 0 Å². The van der Waals surface area contributed by atoms with Crippen LogP contribution in [0.5, 0.6) is 0 Å². The van der Waals surface area contributed by atoms with Gasteiger partial charge in [0.15, 0.2) is 0 Å². The van der Waals surface area contributed by atoms with Crippen LogP contribution in [-0.2, 0) is 14.4 Å². The van der Waals surface area contributed by atoms with Crippen molar-refractivity contribution in [2.24, 2.45) is 0 Å². The standard InChI is InChI=1S/C9H15Si.C5H5.Ni/c1-4-8-6-5-7-9(8)10(2)3;1-2-4-5-3-1;/h6,10H,4-5H2,1-3H3;1-3H,4H2;. The number of rotatable bonds is 4. The Kier molecular flexibility index (Phi) is 4.05. The van der Waals surface area contributed by atoms with Crippen LogP contribution < -0.4 is 0 Å². The van der Waals surface area contributed by atoms with E-state index in [9.17, 15) is 0 Å². The van der Waals surface area contributed by atoms with Crippen LogP contribution in [0.2, 0.25) is 13.1 Å². The summed E-state index contributed by atoms with van der Waals surface area (Å²) in [5.74, 6) is 0. The van der Waals surface area contributed by atoms with Crippen molar-refractivity contribution in [2.75, 3.05) is 0 Å². The predicted octanol–water partition coefficient (Wildman–Crippen LogP) is 3.93. The minimum atomic E-state index is -0.669. The van der Waals surface area contributed by atoms with E-state index >= 15 is 0 Å². The maximum absolute atomic E-state index is 2.46. The monoisotopic (exact) mass is 274 g/mol. The Balaban J connectivity index is 2.16. The molecule has 0 nitrogen and oxygen atoms in total. The maximum atomic E-state index is 2.46. The molecule has 0 radical (unpaired) electrons. The molecule has 0 aliphatic heterocycles. The van der Waals surface area contributed by atoms with Gasteiger partial charge in [-0.1, -0.05) is 0 Å². The van der Waals surface area contributed by atoms with E-state index in [4.69, 9.17) is 0 Å². The molecule has 2 rings (SSSR count). The molecule has 0 saturated heterocycles. The Morgan fingerprint density at radius 3 is 2.69 bits per heavy atom. The zero-order valence-corrected chi connectivity index (χ0v) is 12.5. The second-order valence-electron chi connectivity index (χ2n) is 4.51. The van der Waals surface area contributed by atoms with Crippen molar-refractivity contribution >= 4 is 8.80 Å². The molecular weight excluding hydrogens is 255 g/mol. The number of hydrogen-bond acceptors (Lipinski definition) is 0. The van der Waals surface area contributed by atoms with Crippen LogP contribution in [0.3, 0.4) is 0 Å². The summed E-state index contributed by atoms with van der Waals surface area (Å²) in [6.07, 6.45) is 12.7. The summed E-state index contributed by atoms with van der Waals surface area (Å²) < 4.78 is 3.21. The third kappa shape index (κ3) is 2.49. The van der Waals surface area contributed by atoms with Gasteiger partial charge in [0, 0.05) is 0 Å². The van der Waals surface area contributed by atoms with Crippen molar-refractivity contribution in [1.82, 2.24) is 0 Å². The van der Waals surface area contributed by atoms with Gasteiger partial charge in [0.1, 0.15) is 0 Å². The molecule has 0 bridgehead atoms. The first kappa shape index (κ1) is 12.1. The Morgan fingerprint density at radius 1 is 1.31 bits per heavy atom. The average Bonchev–Trinajstić information content (AvgIpc) is 2.87. The molecule has 0 saturated carbocycles. The van der Waals surface area contributed by atoms with Gasteiger partial charge in [0.2, 0.25) is 0 Å². The first-order valence-electron chi connectivity index (χ1n) is 6.09. The molecule has 0 spiro atoms. The third-order valence-electron chi connectivity index (χ3n) is 2.99. The van der Waals surface area contributed by atoms with E-state index in [0.29, 0.717) is 0 Å². The second-order valence-corrected chi connectivity index (χ2v) is 8.87. The van der Waals surface area contributed by atoms with E-state index in [0.717, 1.165) is 6.42 Å². The van der Waals surface area contributed by atoms with Gasteiger partial charge in [-0.25, -0.2) is 0 Å². The molecule has 90 valence electrons. The molecule has 2 heteroatoms. The Labute approximate surface area is 107 Å². The summed E-state index contributed by atoms with van der Waals surface area (Å²) in [6.45, 7) is 7.19. The third-order valence-corrected chi connectivity index (χ3v) is 6.55. The first-order valence-corrected chi connectivity index (χ1v) is 9.96. The topological polar surface area (TPSA) is 0 Å². The van der Waals surface area contributed by atoms with Gasteiger partial charge in [0.05, 0.1) is 0 Å². The van der Waals surface area contributed by atoms with Gasteiger partial charge in [0.25, 0.3) is 0 Å². The predicted molar refractivity (Wildman–Crippen MR) is 70.7 cm³/mol. The molecule has 0 aromatic carbocycles. The fourth-order valence-corrected chi connectivity index (χ4v) is 6.34. The van der Waals surface area contributed by atoms with Crippen molar-refractivity contribution in [3.63, 3.8) is 0 Å². The molecule has 0 N–H and O–H groups in total. The van der Waals surface area contributed by atoms with E-state index in [2.05, 4.69) is 44.3 Å². The van der Waals surface area contributed by atoms with E-state index in [1.165, 1.54) is 12.8 Å². The quantitative estimate of drug-likeness (QED) is 0.682. The van der Waals surface area contributed by atoms with Crippen LogP contribution in [-0.4, -0.2) is 8.80 Å². The molecule has 0 aromatic heterocycles. The van der Waals surface area contributed by atoms with E-state index in [1.54, 1.807) is 19.9 Å². The van der Waals surface area contributed by atoms with Crippen LogP contribution in [0.1, 0.15) is 26.2 Å².